The second kappa shape index (κ2) is 7.17. The van der Waals surface area contributed by atoms with E-state index in [1.165, 1.54) is 18.2 Å². The fourth-order valence-corrected chi connectivity index (χ4v) is 2.10. The van der Waals surface area contributed by atoms with Crippen molar-refractivity contribution in [3.05, 3.63) is 35.4 Å². The minimum Gasteiger partial charge on any atom is -0.469 e. The van der Waals surface area contributed by atoms with E-state index in [9.17, 15) is 4.79 Å². The number of benzene rings is 1. The van der Waals surface area contributed by atoms with Gasteiger partial charge < -0.3 is 9.64 Å². The Labute approximate surface area is 110 Å². The van der Waals surface area contributed by atoms with Crippen molar-refractivity contribution in [1.82, 2.24) is 4.90 Å². The van der Waals surface area contributed by atoms with Gasteiger partial charge in [0.25, 0.3) is 0 Å². The van der Waals surface area contributed by atoms with Crippen LogP contribution in [0.2, 0.25) is 0 Å². The quantitative estimate of drug-likeness (QED) is 0.726. The van der Waals surface area contributed by atoms with Gasteiger partial charge in [0.2, 0.25) is 0 Å². The fourth-order valence-electron chi connectivity index (χ4n) is 2.10. The molecule has 18 heavy (non-hydrogen) atoms. The van der Waals surface area contributed by atoms with Gasteiger partial charge in [-0.25, -0.2) is 0 Å². The third kappa shape index (κ3) is 4.49. The molecular formula is C15H23NO2. The van der Waals surface area contributed by atoms with Crippen molar-refractivity contribution in [1.29, 1.82) is 0 Å². The van der Waals surface area contributed by atoms with Crippen molar-refractivity contribution < 1.29 is 9.53 Å². The van der Waals surface area contributed by atoms with Crippen molar-refractivity contribution >= 4 is 5.97 Å². The van der Waals surface area contributed by atoms with Gasteiger partial charge in [-0.2, -0.15) is 0 Å². The maximum atomic E-state index is 11.5. The minimum absolute atomic E-state index is 0.0372. The molecule has 0 aliphatic carbocycles. The Morgan fingerprint density at radius 3 is 2.72 bits per heavy atom. The lowest BCUT2D eigenvalue weighted by Crippen LogP contribution is -2.30. The average molecular weight is 249 g/mol. The van der Waals surface area contributed by atoms with E-state index in [4.69, 9.17) is 4.74 Å². The van der Waals surface area contributed by atoms with Gasteiger partial charge in [0.05, 0.1) is 13.0 Å². The first kappa shape index (κ1) is 14.7. The van der Waals surface area contributed by atoms with Gasteiger partial charge in [-0.05, 0) is 26.0 Å². The summed E-state index contributed by atoms with van der Waals surface area (Å²) in [6.07, 6.45) is 0.810. The largest absolute Gasteiger partial charge is 0.469 e. The molecular weight excluding hydrogens is 226 g/mol. The molecule has 0 aliphatic rings. The smallest absolute Gasteiger partial charge is 0.309 e. The van der Waals surface area contributed by atoms with Crippen LogP contribution >= 0.6 is 0 Å². The number of carbonyl (C=O) groups excluding carboxylic acids is 1. The van der Waals surface area contributed by atoms with Crippen molar-refractivity contribution in [2.24, 2.45) is 5.92 Å². The minimum atomic E-state index is -0.117. The first-order chi connectivity index (χ1) is 8.56. The molecule has 0 N–H and O–H groups in total. The third-order valence-corrected chi connectivity index (χ3v) is 3.09. The molecule has 1 atom stereocenters. The number of methoxy groups -OCH3 is 1. The number of carbonyl (C=O) groups is 1. The summed E-state index contributed by atoms with van der Waals surface area (Å²) in [5, 5.41) is 0. The molecule has 0 fully saturated rings. The maximum absolute atomic E-state index is 11.5. The second-order valence-corrected chi connectivity index (χ2v) is 4.81. The normalized spacial score (nSPS) is 12.5. The molecule has 0 aromatic heterocycles. The molecule has 1 rings (SSSR count). The van der Waals surface area contributed by atoms with Crippen molar-refractivity contribution in [3.63, 3.8) is 0 Å². The lowest BCUT2D eigenvalue weighted by atomic mass is 10.1. The van der Waals surface area contributed by atoms with E-state index in [2.05, 4.69) is 36.1 Å². The average Bonchev–Trinajstić information content (AvgIpc) is 2.35. The fraction of sp³-hybridized carbons (Fsp3) is 0.533. The Balaban J connectivity index is 2.55. The molecule has 0 saturated heterocycles. The lowest BCUT2D eigenvalue weighted by Gasteiger charge is -2.21. The molecule has 1 aromatic carbocycles. The number of ether oxygens (including phenoxy) is 1. The SMILES string of the molecule is CCC(CN(C)Cc1cccc(C)c1)C(=O)OC. The molecule has 0 aliphatic heterocycles. The van der Waals surface area contributed by atoms with E-state index in [0.717, 1.165) is 19.5 Å². The van der Waals surface area contributed by atoms with Crippen LogP contribution in [-0.2, 0) is 16.1 Å². The predicted octanol–water partition coefficient (Wildman–Crippen LogP) is 2.63. The molecule has 3 heteroatoms. The van der Waals surface area contributed by atoms with Gasteiger partial charge >= 0.3 is 5.97 Å². The Morgan fingerprint density at radius 2 is 2.17 bits per heavy atom. The van der Waals surface area contributed by atoms with Crippen LogP contribution in [-0.4, -0.2) is 31.6 Å². The Morgan fingerprint density at radius 1 is 1.44 bits per heavy atom. The number of aryl methyl sites for hydroxylation is 1. The molecule has 0 spiro atoms. The van der Waals surface area contributed by atoms with E-state index in [0.29, 0.717) is 0 Å². The van der Waals surface area contributed by atoms with Crippen LogP contribution in [0.5, 0.6) is 0 Å². The molecule has 0 amide bonds. The van der Waals surface area contributed by atoms with E-state index in [1.807, 2.05) is 14.0 Å². The molecule has 0 radical (unpaired) electrons. The van der Waals surface area contributed by atoms with Crippen LogP contribution in [0.4, 0.5) is 0 Å². The van der Waals surface area contributed by atoms with Gasteiger partial charge in [-0.15, -0.1) is 0 Å². The summed E-state index contributed by atoms with van der Waals surface area (Å²) in [7, 11) is 3.49. The first-order valence-corrected chi connectivity index (χ1v) is 6.38. The lowest BCUT2D eigenvalue weighted by molar-refractivity contribution is -0.146. The number of hydrogen-bond acceptors (Lipinski definition) is 3. The van der Waals surface area contributed by atoms with E-state index in [1.54, 1.807) is 0 Å². The molecule has 3 nitrogen and oxygen atoms in total. The highest BCUT2D eigenvalue weighted by Crippen LogP contribution is 2.11. The Bertz CT molecular complexity index is 390. The zero-order valence-electron chi connectivity index (χ0n) is 11.8. The van der Waals surface area contributed by atoms with E-state index in [-0.39, 0.29) is 11.9 Å². The van der Waals surface area contributed by atoms with E-state index >= 15 is 0 Å². The summed E-state index contributed by atoms with van der Waals surface area (Å²) in [5.41, 5.74) is 2.54. The molecule has 1 unspecified atom stereocenters. The van der Waals surface area contributed by atoms with Crippen molar-refractivity contribution in [2.45, 2.75) is 26.8 Å². The highest BCUT2D eigenvalue weighted by molar-refractivity contribution is 5.72. The Hall–Kier alpha value is -1.35. The summed E-state index contributed by atoms with van der Waals surface area (Å²) >= 11 is 0. The maximum Gasteiger partial charge on any atom is 0.309 e. The summed E-state index contributed by atoms with van der Waals surface area (Å²) in [4.78, 5) is 13.7. The van der Waals surface area contributed by atoms with Crippen LogP contribution in [0.3, 0.4) is 0 Å². The van der Waals surface area contributed by atoms with Crippen LogP contribution in [0.25, 0.3) is 0 Å². The van der Waals surface area contributed by atoms with Gasteiger partial charge in [0.15, 0.2) is 0 Å². The van der Waals surface area contributed by atoms with Crippen LogP contribution in [0, 0.1) is 12.8 Å². The Kier molecular flexibility index (Phi) is 5.86. The van der Waals surface area contributed by atoms with Gasteiger partial charge in [0.1, 0.15) is 0 Å². The number of rotatable bonds is 6. The van der Waals surface area contributed by atoms with Crippen LogP contribution in [0.15, 0.2) is 24.3 Å². The topological polar surface area (TPSA) is 29.5 Å². The third-order valence-electron chi connectivity index (χ3n) is 3.09. The van der Waals surface area contributed by atoms with E-state index < -0.39 is 0 Å². The highest BCUT2D eigenvalue weighted by Gasteiger charge is 2.18. The first-order valence-electron chi connectivity index (χ1n) is 6.38. The predicted molar refractivity (Wildman–Crippen MR) is 73.3 cm³/mol. The summed E-state index contributed by atoms with van der Waals surface area (Å²) < 4.78 is 4.81. The molecule has 0 saturated carbocycles. The standard InChI is InChI=1S/C15H23NO2/c1-5-14(15(17)18-4)11-16(3)10-13-8-6-7-12(2)9-13/h6-9,14H,5,10-11H2,1-4H3. The number of nitrogens with zero attached hydrogens (tertiary/aromatic N) is 1. The number of hydrogen-bond donors (Lipinski definition) is 0. The van der Waals surface area contributed by atoms with Crippen molar-refractivity contribution in [3.8, 4) is 0 Å². The van der Waals surface area contributed by atoms with Gasteiger partial charge in [0, 0.05) is 13.1 Å². The number of esters is 1. The van der Waals surface area contributed by atoms with Crippen LogP contribution in [0.1, 0.15) is 24.5 Å². The van der Waals surface area contributed by atoms with Gasteiger partial charge in [-0.3, -0.25) is 4.79 Å². The van der Waals surface area contributed by atoms with Crippen LogP contribution < -0.4 is 0 Å². The second-order valence-electron chi connectivity index (χ2n) is 4.81. The molecule has 0 heterocycles. The zero-order valence-corrected chi connectivity index (χ0v) is 11.8. The van der Waals surface area contributed by atoms with Crippen molar-refractivity contribution in [2.75, 3.05) is 20.7 Å². The molecule has 0 bridgehead atoms. The highest BCUT2D eigenvalue weighted by atomic mass is 16.5. The molecule has 1 aromatic rings. The molecule has 100 valence electrons. The van der Waals surface area contributed by atoms with Gasteiger partial charge in [-0.1, -0.05) is 36.8 Å². The summed E-state index contributed by atoms with van der Waals surface area (Å²) in [6, 6.07) is 8.45. The zero-order chi connectivity index (χ0) is 13.5. The monoisotopic (exact) mass is 249 g/mol. The summed E-state index contributed by atoms with van der Waals surface area (Å²) in [6.45, 7) is 5.70. The summed E-state index contributed by atoms with van der Waals surface area (Å²) in [5.74, 6) is -0.154.